The number of anilines is 1. The third-order valence-electron chi connectivity index (χ3n) is 3.22. The summed E-state index contributed by atoms with van der Waals surface area (Å²) in [5, 5.41) is 5.99. The highest BCUT2D eigenvalue weighted by Crippen LogP contribution is 2.06. The number of hydrogen-bond donors (Lipinski definition) is 2. The van der Waals surface area contributed by atoms with Crippen LogP contribution >= 0.6 is 0 Å². The van der Waals surface area contributed by atoms with E-state index in [1.54, 1.807) is 18.3 Å². The van der Waals surface area contributed by atoms with Crippen molar-refractivity contribution in [3.8, 4) is 0 Å². The van der Waals surface area contributed by atoms with Crippen LogP contribution in [0.5, 0.6) is 0 Å². The van der Waals surface area contributed by atoms with Crippen molar-refractivity contribution in [3.63, 3.8) is 0 Å². The Balaban J connectivity index is 1.74. The van der Waals surface area contributed by atoms with Crippen LogP contribution in [0.2, 0.25) is 0 Å². The number of amides is 1. The van der Waals surface area contributed by atoms with Gasteiger partial charge in [0.2, 0.25) is 0 Å². The Morgan fingerprint density at radius 1 is 1.18 bits per heavy atom. The molecule has 0 spiro atoms. The lowest BCUT2D eigenvalue weighted by molar-refractivity contribution is 0.0957. The first kappa shape index (κ1) is 15.8. The third kappa shape index (κ3) is 5.05. The molecule has 0 aliphatic rings. The molecule has 1 aromatic heterocycles. The van der Waals surface area contributed by atoms with E-state index in [-0.39, 0.29) is 5.91 Å². The first-order chi connectivity index (χ1) is 10.8. The van der Waals surface area contributed by atoms with Crippen LogP contribution in [0.15, 0.2) is 61.3 Å². The number of carbonyl (C=O) groups excluding carboxylic acids is 1. The lowest BCUT2D eigenvalue weighted by Crippen LogP contribution is -2.23. The summed E-state index contributed by atoms with van der Waals surface area (Å²) >= 11 is 0. The summed E-state index contributed by atoms with van der Waals surface area (Å²) in [5.41, 5.74) is 1.89. The molecule has 0 bridgehead atoms. The van der Waals surface area contributed by atoms with Crippen molar-refractivity contribution in [1.29, 1.82) is 0 Å². The molecule has 4 heteroatoms. The molecule has 0 saturated carbocycles. The molecular weight excluding hydrogens is 274 g/mol. The molecule has 2 rings (SSSR count). The predicted octanol–water partition coefficient (Wildman–Crippen LogP) is 3.04. The number of hydrogen-bond acceptors (Lipinski definition) is 3. The number of nitrogens with one attached hydrogen (secondary N) is 2. The summed E-state index contributed by atoms with van der Waals surface area (Å²) in [7, 11) is 0. The van der Waals surface area contributed by atoms with Crippen LogP contribution in [-0.4, -0.2) is 24.0 Å². The Bertz CT molecular complexity index is 593. The van der Waals surface area contributed by atoms with Crippen LogP contribution < -0.4 is 10.6 Å². The fraction of sp³-hybridized carbons (Fsp3) is 0.222. The smallest absolute Gasteiger partial charge is 0.253 e. The van der Waals surface area contributed by atoms with Crippen molar-refractivity contribution < 1.29 is 4.79 Å². The van der Waals surface area contributed by atoms with Gasteiger partial charge in [-0.05, 0) is 30.5 Å². The van der Waals surface area contributed by atoms with Gasteiger partial charge in [-0.3, -0.25) is 4.79 Å². The Morgan fingerprint density at radius 2 is 2.00 bits per heavy atom. The van der Waals surface area contributed by atoms with Gasteiger partial charge in [0.15, 0.2) is 0 Å². The topological polar surface area (TPSA) is 54.0 Å². The molecule has 0 aliphatic heterocycles. The van der Waals surface area contributed by atoms with Gasteiger partial charge in [0.25, 0.3) is 5.91 Å². The maximum atomic E-state index is 11.7. The Hall–Kier alpha value is -2.62. The van der Waals surface area contributed by atoms with Gasteiger partial charge in [0, 0.05) is 19.3 Å². The van der Waals surface area contributed by atoms with Gasteiger partial charge < -0.3 is 10.6 Å². The largest absolute Gasteiger partial charge is 0.370 e. The molecule has 0 aliphatic carbocycles. The van der Waals surface area contributed by atoms with Gasteiger partial charge in [-0.25, -0.2) is 4.98 Å². The standard InChI is InChI=1S/C18H21N3O/c1-2-12-20-18(22)16-10-11-17(21-14-16)19-13-6-9-15-7-4-3-5-8-15/h2-5,7-8,10-11,14H,1,6,9,12-13H2,(H,19,21)(H,20,22). The molecule has 1 aromatic carbocycles. The summed E-state index contributed by atoms with van der Waals surface area (Å²) in [6.45, 7) is 4.87. The van der Waals surface area contributed by atoms with Gasteiger partial charge in [-0.2, -0.15) is 0 Å². The van der Waals surface area contributed by atoms with Crippen LogP contribution in [0, 0.1) is 0 Å². The zero-order chi connectivity index (χ0) is 15.6. The van der Waals surface area contributed by atoms with E-state index in [9.17, 15) is 4.79 Å². The SMILES string of the molecule is C=CCNC(=O)c1ccc(NCCCc2ccccc2)nc1. The Morgan fingerprint density at radius 3 is 2.68 bits per heavy atom. The molecule has 1 amide bonds. The lowest BCUT2D eigenvalue weighted by atomic mass is 10.1. The second kappa shape index (κ2) is 8.62. The minimum Gasteiger partial charge on any atom is -0.370 e. The molecule has 0 saturated heterocycles. The number of carbonyl (C=O) groups is 1. The number of pyridine rings is 1. The molecule has 0 unspecified atom stereocenters. The molecule has 0 atom stereocenters. The average molecular weight is 295 g/mol. The van der Waals surface area contributed by atoms with Crippen molar-refractivity contribution >= 4 is 11.7 Å². The van der Waals surface area contributed by atoms with E-state index >= 15 is 0 Å². The summed E-state index contributed by atoms with van der Waals surface area (Å²) in [6.07, 6.45) is 5.30. The van der Waals surface area contributed by atoms with Crippen molar-refractivity contribution in [2.45, 2.75) is 12.8 Å². The van der Waals surface area contributed by atoms with Crippen LogP contribution in [0.25, 0.3) is 0 Å². The maximum absolute atomic E-state index is 11.7. The van der Waals surface area contributed by atoms with Crippen molar-refractivity contribution in [3.05, 3.63) is 72.4 Å². The molecule has 22 heavy (non-hydrogen) atoms. The van der Waals surface area contributed by atoms with E-state index in [1.165, 1.54) is 5.56 Å². The molecular formula is C18H21N3O. The monoisotopic (exact) mass is 295 g/mol. The van der Waals surface area contributed by atoms with E-state index in [1.807, 2.05) is 12.1 Å². The third-order valence-corrected chi connectivity index (χ3v) is 3.22. The summed E-state index contributed by atoms with van der Waals surface area (Å²) < 4.78 is 0. The number of aromatic nitrogens is 1. The highest BCUT2D eigenvalue weighted by molar-refractivity contribution is 5.94. The number of nitrogens with zero attached hydrogens (tertiary/aromatic N) is 1. The van der Waals surface area contributed by atoms with Gasteiger partial charge in [0.1, 0.15) is 5.82 Å². The normalized spacial score (nSPS) is 10.0. The van der Waals surface area contributed by atoms with Crippen molar-refractivity contribution in [2.75, 3.05) is 18.4 Å². The first-order valence-corrected chi connectivity index (χ1v) is 7.42. The van der Waals surface area contributed by atoms with E-state index < -0.39 is 0 Å². The van der Waals surface area contributed by atoms with E-state index in [0.29, 0.717) is 12.1 Å². The van der Waals surface area contributed by atoms with Crippen LogP contribution in [0.4, 0.5) is 5.82 Å². The summed E-state index contributed by atoms with van der Waals surface area (Å²) in [4.78, 5) is 16.0. The van der Waals surface area contributed by atoms with Gasteiger partial charge in [-0.15, -0.1) is 6.58 Å². The number of rotatable bonds is 8. The minimum absolute atomic E-state index is 0.136. The second-order valence-corrected chi connectivity index (χ2v) is 4.95. The number of aryl methyl sites for hydroxylation is 1. The fourth-order valence-corrected chi connectivity index (χ4v) is 2.05. The van der Waals surface area contributed by atoms with Crippen LogP contribution in [0.1, 0.15) is 22.3 Å². The molecule has 114 valence electrons. The van der Waals surface area contributed by atoms with E-state index in [0.717, 1.165) is 25.2 Å². The lowest BCUT2D eigenvalue weighted by Gasteiger charge is -2.07. The van der Waals surface area contributed by atoms with E-state index in [2.05, 4.69) is 46.5 Å². The fourth-order valence-electron chi connectivity index (χ4n) is 2.05. The molecule has 0 fully saturated rings. The maximum Gasteiger partial charge on any atom is 0.253 e. The zero-order valence-corrected chi connectivity index (χ0v) is 12.6. The van der Waals surface area contributed by atoms with Crippen LogP contribution in [0.3, 0.4) is 0 Å². The molecule has 2 N–H and O–H groups in total. The van der Waals surface area contributed by atoms with E-state index in [4.69, 9.17) is 0 Å². The Labute approximate surface area is 131 Å². The van der Waals surface area contributed by atoms with Gasteiger partial charge in [-0.1, -0.05) is 36.4 Å². The van der Waals surface area contributed by atoms with Gasteiger partial charge in [0.05, 0.1) is 5.56 Å². The Kier molecular flexibility index (Phi) is 6.18. The zero-order valence-electron chi connectivity index (χ0n) is 12.6. The van der Waals surface area contributed by atoms with Gasteiger partial charge >= 0.3 is 0 Å². The second-order valence-electron chi connectivity index (χ2n) is 4.95. The molecule has 0 radical (unpaired) electrons. The highest BCUT2D eigenvalue weighted by Gasteiger charge is 2.04. The molecule has 1 heterocycles. The minimum atomic E-state index is -0.136. The first-order valence-electron chi connectivity index (χ1n) is 7.42. The molecule has 4 nitrogen and oxygen atoms in total. The van der Waals surface area contributed by atoms with Crippen molar-refractivity contribution in [1.82, 2.24) is 10.3 Å². The summed E-state index contributed by atoms with van der Waals surface area (Å²) in [5.74, 6) is 0.649. The molecule has 2 aromatic rings. The highest BCUT2D eigenvalue weighted by atomic mass is 16.1. The van der Waals surface area contributed by atoms with Crippen LogP contribution in [-0.2, 0) is 6.42 Å². The predicted molar refractivity (Wildman–Crippen MR) is 90.0 cm³/mol. The summed E-state index contributed by atoms with van der Waals surface area (Å²) in [6, 6.07) is 14.0. The quantitative estimate of drug-likeness (QED) is 0.581. The average Bonchev–Trinajstić information content (AvgIpc) is 2.58. The van der Waals surface area contributed by atoms with Crippen molar-refractivity contribution in [2.24, 2.45) is 0 Å². The number of benzene rings is 1.